The zero-order chi connectivity index (χ0) is 16.5. The maximum Gasteiger partial charge on any atom is 0.309 e. The number of aliphatic hydroxyl groups is 1. The van der Waals surface area contributed by atoms with Crippen LogP contribution in [0, 0.1) is 5.92 Å². The number of carbonyl (C=O) groups excluding carboxylic acids is 2. The van der Waals surface area contributed by atoms with Gasteiger partial charge in [0, 0.05) is 13.1 Å². The van der Waals surface area contributed by atoms with Crippen molar-refractivity contribution in [2.45, 2.75) is 70.3 Å². The van der Waals surface area contributed by atoms with Crippen LogP contribution >= 0.6 is 0 Å². The smallest absolute Gasteiger partial charge is 0.309 e. The van der Waals surface area contributed by atoms with Crippen molar-refractivity contribution in [2.24, 2.45) is 5.92 Å². The van der Waals surface area contributed by atoms with Gasteiger partial charge in [0.25, 0.3) is 0 Å². The Labute approximate surface area is 138 Å². The lowest BCUT2D eigenvalue weighted by atomic mass is 9.85. The van der Waals surface area contributed by atoms with E-state index in [0.717, 1.165) is 44.9 Å². The monoisotopic (exact) mass is 322 g/mol. The van der Waals surface area contributed by atoms with Crippen molar-refractivity contribution in [2.75, 3.05) is 13.1 Å². The molecule has 0 aromatic heterocycles. The number of allylic oxidation sites excluding steroid dienone is 1. The maximum absolute atomic E-state index is 11.8. The summed E-state index contributed by atoms with van der Waals surface area (Å²) >= 11 is 0. The number of rotatable bonds is 6. The van der Waals surface area contributed by atoms with Crippen molar-refractivity contribution in [3.05, 3.63) is 11.6 Å². The number of hydrogen-bond acceptors (Lipinski definition) is 3. The molecule has 1 fully saturated rings. The van der Waals surface area contributed by atoms with Crippen molar-refractivity contribution in [1.82, 2.24) is 10.6 Å². The normalized spacial score (nSPS) is 20.5. The van der Waals surface area contributed by atoms with E-state index in [1.807, 2.05) is 0 Å². The van der Waals surface area contributed by atoms with Crippen molar-refractivity contribution in [1.29, 1.82) is 0 Å². The van der Waals surface area contributed by atoms with Gasteiger partial charge in [0.05, 0.1) is 6.10 Å². The van der Waals surface area contributed by atoms with E-state index >= 15 is 0 Å². The molecular formula is C18H30N2O3. The first-order valence-corrected chi connectivity index (χ1v) is 9.09. The lowest BCUT2D eigenvalue weighted by molar-refractivity contribution is -0.139. The molecule has 1 atom stereocenters. The van der Waals surface area contributed by atoms with Gasteiger partial charge in [-0.25, -0.2) is 0 Å². The summed E-state index contributed by atoms with van der Waals surface area (Å²) in [6.45, 7) is 0.672. The minimum absolute atomic E-state index is 0.169. The van der Waals surface area contributed by atoms with E-state index in [1.165, 1.54) is 24.8 Å². The number of carbonyl (C=O) groups is 2. The Bertz CT molecular complexity index is 428. The molecule has 2 aliphatic carbocycles. The second-order valence-electron chi connectivity index (χ2n) is 6.79. The number of hydrogen-bond donors (Lipinski definition) is 3. The molecule has 0 spiro atoms. The van der Waals surface area contributed by atoms with Crippen LogP contribution in [0.5, 0.6) is 0 Å². The van der Waals surface area contributed by atoms with Crippen LogP contribution in [0.25, 0.3) is 0 Å². The van der Waals surface area contributed by atoms with Crippen LogP contribution in [-0.2, 0) is 9.59 Å². The van der Waals surface area contributed by atoms with Crippen LogP contribution < -0.4 is 10.6 Å². The van der Waals surface area contributed by atoms with Crippen molar-refractivity contribution in [3.63, 3.8) is 0 Å². The highest BCUT2D eigenvalue weighted by atomic mass is 16.3. The molecule has 3 N–H and O–H groups in total. The molecule has 0 aromatic carbocycles. The van der Waals surface area contributed by atoms with Gasteiger partial charge in [-0.1, -0.05) is 30.9 Å². The molecule has 1 saturated carbocycles. The molecular weight excluding hydrogens is 292 g/mol. The molecule has 0 aromatic rings. The van der Waals surface area contributed by atoms with Gasteiger partial charge in [0.2, 0.25) is 0 Å². The van der Waals surface area contributed by atoms with Crippen LogP contribution in [0.2, 0.25) is 0 Å². The van der Waals surface area contributed by atoms with Gasteiger partial charge in [-0.05, 0) is 50.9 Å². The van der Waals surface area contributed by atoms with Crippen molar-refractivity contribution >= 4 is 11.8 Å². The zero-order valence-corrected chi connectivity index (χ0v) is 14.0. The molecule has 0 bridgehead atoms. The Hall–Kier alpha value is -1.36. The summed E-state index contributed by atoms with van der Waals surface area (Å²) in [4.78, 5) is 23.5. The number of amides is 2. The van der Waals surface area contributed by atoms with Crippen LogP contribution in [0.1, 0.15) is 64.2 Å². The van der Waals surface area contributed by atoms with Gasteiger partial charge in [-0.15, -0.1) is 0 Å². The highest BCUT2D eigenvalue weighted by Crippen LogP contribution is 2.26. The lowest BCUT2D eigenvalue weighted by Crippen LogP contribution is -2.44. The average Bonchev–Trinajstić information content (AvgIpc) is 2.61. The predicted molar refractivity (Wildman–Crippen MR) is 89.8 cm³/mol. The highest BCUT2D eigenvalue weighted by Gasteiger charge is 2.23. The fraction of sp³-hybridized carbons (Fsp3) is 0.778. The third-order valence-electron chi connectivity index (χ3n) is 4.99. The SMILES string of the molecule is O=C(NCCC1=CCCCC1)C(=O)NC[C@@H](O)C1CCCCC1. The maximum atomic E-state index is 11.8. The zero-order valence-electron chi connectivity index (χ0n) is 14.0. The minimum Gasteiger partial charge on any atom is -0.391 e. The van der Waals surface area contributed by atoms with E-state index in [-0.39, 0.29) is 12.5 Å². The lowest BCUT2D eigenvalue weighted by Gasteiger charge is -2.26. The molecule has 2 amide bonds. The van der Waals surface area contributed by atoms with E-state index in [1.54, 1.807) is 0 Å². The molecule has 0 heterocycles. The summed E-state index contributed by atoms with van der Waals surface area (Å²) in [5.74, 6) is -0.986. The second kappa shape index (κ2) is 9.71. The van der Waals surface area contributed by atoms with Gasteiger partial charge in [-0.3, -0.25) is 9.59 Å². The Morgan fingerprint density at radius 1 is 1.09 bits per heavy atom. The Kier molecular flexibility index (Phi) is 7.59. The first-order chi connectivity index (χ1) is 11.2. The molecule has 5 heteroatoms. The van der Waals surface area contributed by atoms with E-state index in [4.69, 9.17) is 0 Å². The molecule has 0 radical (unpaired) electrons. The van der Waals surface area contributed by atoms with Gasteiger partial charge in [0.15, 0.2) is 0 Å². The van der Waals surface area contributed by atoms with Gasteiger partial charge >= 0.3 is 11.8 Å². The van der Waals surface area contributed by atoms with E-state index < -0.39 is 17.9 Å². The fourth-order valence-electron chi connectivity index (χ4n) is 3.51. The Balaban J connectivity index is 1.60. The largest absolute Gasteiger partial charge is 0.391 e. The minimum atomic E-state index is -0.641. The average molecular weight is 322 g/mol. The van der Waals surface area contributed by atoms with Crippen molar-refractivity contribution in [3.8, 4) is 0 Å². The third-order valence-corrected chi connectivity index (χ3v) is 4.99. The molecule has 2 aliphatic rings. The summed E-state index contributed by atoms with van der Waals surface area (Å²) < 4.78 is 0. The topological polar surface area (TPSA) is 78.4 Å². The molecule has 0 unspecified atom stereocenters. The number of aliphatic hydroxyl groups excluding tert-OH is 1. The summed E-state index contributed by atoms with van der Waals surface area (Å²) in [6, 6.07) is 0. The summed E-state index contributed by atoms with van der Waals surface area (Å²) in [6.07, 6.45) is 12.8. The molecule has 130 valence electrons. The quantitative estimate of drug-likeness (QED) is 0.517. The van der Waals surface area contributed by atoms with Gasteiger partial charge in [-0.2, -0.15) is 0 Å². The summed E-state index contributed by atoms with van der Waals surface area (Å²) in [5, 5.41) is 15.3. The molecule has 0 aliphatic heterocycles. The number of nitrogens with one attached hydrogen (secondary N) is 2. The second-order valence-corrected chi connectivity index (χ2v) is 6.79. The molecule has 5 nitrogen and oxygen atoms in total. The fourth-order valence-corrected chi connectivity index (χ4v) is 3.51. The van der Waals surface area contributed by atoms with Gasteiger partial charge in [0.1, 0.15) is 0 Å². The Morgan fingerprint density at radius 2 is 1.83 bits per heavy atom. The van der Waals surface area contributed by atoms with E-state index in [0.29, 0.717) is 6.54 Å². The molecule has 0 saturated heterocycles. The highest BCUT2D eigenvalue weighted by molar-refractivity contribution is 6.35. The summed E-state index contributed by atoms with van der Waals surface area (Å²) in [7, 11) is 0. The molecule has 23 heavy (non-hydrogen) atoms. The van der Waals surface area contributed by atoms with Crippen LogP contribution in [0.4, 0.5) is 0 Å². The third kappa shape index (κ3) is 6.34. The van der Waals surface area contributed by atoms with Gasteiger partial charge < -0.3 is 15.7 Å². The first-order valence-electron chi connectivity index (χ1n) is 9.09. The van der Waals surface area contributed by atoms with E-state index in [2.05, 4.69) is 16.7 Å². The van der Waals surface area contributed by atoms with Crippen LogP contribution in [0.15, 0.2) is 11.6 Å². The van der Waals surface area contributed by atoms with Crippen LogP contribution in [-0.4, -0.2) is 36.1 Å². The Morgan fingerprint density at radius 3 is 2.52 bits per heavy atom. The van der Waals surface area contributed by atoms with E-state index in [9.17, 15) is 14.7 Å². The summed E-state index contributed by atoms with van der Waals surface area (Å²) in [5.41, 5.74) is 1.38. The standard InChI is InChI=1S/C18H30N2O3/c21-16(15-9-5-2-6-10-15)13-20-18(23)17(22)19-12-11-14-7-3-1-4-8-14/h7,15-16,21H,1-6,8-13H2,(H,19,22)(H,20,23)/t16-/m1/s1. The molecule has 2 rings (SSSR count). The van der Waals surface area contributed by atoms with Crippen LogP contribution in [0.3, 0.4) is 0 Å². The van der Waals surface area contributed by atoms with Crippen molar-refractivity contribution < 1.29 is 14.7 Å². The first kappa shape index (κ1) is 18.0. The predicted octanol–water partition coefficient (Wildman–Crippen LogP) is 2.05.